The molecule has 1 aromatic rings. The number of rotatable bonds is 4. The first-order valence-corrected chi connectivity index (χ1v) is 6.08. The monoisotopic (exact) mass is 252 g/mol. The summed E-state index contributed by atoms with van der Waals surface area (Å²) in [4.78, 5) is 13.2. The fraction of sp³-hybridized carbons (Fsp3) is 0.538. The van der Waals surface area contributed by atoms with Gasteiger partial charge in [0, 0.05) is 18.8 Å². The summed E-state index contributed by atoms with van der Waals surface area (Å²) in [6.45, 7) is 4.49. The summed E-state index contributed by atoms with van der Waals surface area (Å²) in [5.41, 5.74) is 1.25. The highest BCUT2D eigenvalue weighted by molar-refractivity contribution is 5.36. The minimum Gasteiger partial charge on any atom is -0.473 e. The molecule has 0 amide bonds. The molecule has 1 aliphatic heterocycles. The Morgan fingerprint density at radius 1 is 1.56 bits per heavy atom. The maximum Gasteiger partial charge on any atom is 0.292 e. The van der Waals surface area contributed by atoms with E-state index >= 15 is 0 Å². The molecule has 100 valence electrons. The van der Waals surface area contributed by atoms with Gasteiger partial charge in [-0.15, -0.1) is 0 Å². The van der Waals surface area contributed by atoms with Crippen molar-refractivity contribution >= 4 is 6.47 Å². The molecule has 0 spiro atoms. The minimum absolute atomic E-state index is 0.301. The summed E-state index contributed by atoms with van der Waals surface area (Å²) in [5.74, 6) is 0.746. The Morgan fingerprint density at radius 3 is 2.78 bits per heavy atom. The molecule has 1 saturated heterocycles. The number of aryl methyl sites for hydroxylation is 1. The van der Waals surface area contributed by atoms with E-state index in [1.165, 1.54) is 12.7 Å². The first-order chi connectivity index (χ1) is 8.80. The number of hydrogen-bond donors (Lipinski definition) is 1. The van der Waals surface area contributed by atoms with E-state index in [2.05, 4.69) is 28.0 Å². The summed E-state index contributed by atoms with van der Waals surface area (Å²) in [6, 6.07) is 4.03. The van der Waals surface area contributed by atoms with Crippen LogP contribution in [0.5, 0.6) is 5.88 Å². The molecule has 0 radical (unpaired) electrons. The van der Waals surface area contributed by atoms with E-state index in [1.807, 2.05) is 12.3 Å². The number of ether oxygens (including phenoxy) is 2. The van der Waals surface area contributed by atoms with Crippen molar-refractivity contribution in [3.05, 3.63) is 23.9 Å². The predicted octanol–water partition coefficient (Wildman–Crippen LogP) is 1.17. The standard InChI is InChI=1S/C11H16N2O.C2H4O2/c1-2-9-3-4-11(13-7-9)14-10-5-6-12-8-10;1-4-2-3/h3-4,7,10,12H,2,5-6,8H2,1H3;2H,1H3. The third kappa shape index (κ3) is 5.14. The summed E-state index contributed by atoms with van der Waals surface area (Å²) in [7, 11) is 1.31. The van der Waals surface area contributed by atoms with Crippen LogP contribution in [-0.2, 0) is 16.0 Å². The molecule has 1 fully saturated rings. The van der Waals surface area contributed by atoms with Gasteiger partial charge in [-0.25, -0.2) is 4.98 Å². The molecule has 2 heterocycles. The van der Waals surface area contributed by atoms with Crippen molar-refractivity contribution in [2.45, 2.75) is 25.9 Å². The van der Waals surface area contributed by atoms with Crippen LogP contribution in [0, 0.1) is 0 Å². The molecule has 5 nitrogen and oxygen atoms in total. The molecule has 0 saturated carbocycles. The van der Waals surface area contributed by atoms with Gasteiger partial charge in [0.25, 0.3) is 6.47 Å². The third-order valence-corrected chi connectivity index (χ3v) is 2.60. The zero-order chi connectivity index (χ0) is 13.2. The zero-order valence-electron chi connectivity index (χ0n) is 10.9. The van der Waals surface area contributed by atoms with Crippen LogP contribution in [0.2, 0.25) is 0 Å². The van der Waals surface area contributed by atoms with E-state index in [0.717, 1.165) is 31.8 Å². The van der Waals surface area contributed by atoms with Gasteiger partial charge in [-0.1, -0.05) is 13.0 Å². The molecule has 0 aromatic carbocycles. The summed E-state index contributed by atoms with van der Waals surface area (Å²) >= 11 is 0. The molecule has 1 unspecified atom stereocenters. The summed E-state index contributed by atoms with van der Waals surface area (Å²) in [5, 5.41) is 3.26. The van der Waals surface area contributed by atoms with Crippen molar-refractivity contribution in [2.75, 3.05) is 20.2 Å². The molecule has 5 heteroatoms. The Morgan fingerprint density at radius 2 is 2.33 bits per heavy atom. The topological polar surface area (TPSA) is 60.4 Å². The van der Waals surface area contributed by atoms with Gasteiger partial charge in [0.15, 0.2) is 0 Å². The number of pyridine rings is 1. The SMILES string of the molecule is CCc1ccc(OC2CCNC2)nc1.COC=O. The molecular weight excluding hydrogens is 232 g/mol. The van der Waals surface area contributed by atoms with Gasteiger partial charge in [-0.3, -0.25) is 4.79 Å². The highest BCUT2D eigenvalue weighted by Crippen LogP contribution is 2.12. The van der Waals surface area contributed by atoms with E-state index < -0.39 is 0 Å². The van der Waals surface area contributed by atoms with E-state index in [9.17, 15) is 0 Å². The lowest BCUT2D eigenvalue weighted by Crippen LogP contribution is -2.19. The van der Waals surface area contributed by atoms with Crippen molar-refractivity contribution in [1.29, 1.82) is 0 Å². The van der Waals surface area contributed by atoms with Crippen LogP contribution in [0.4, 0.5) is 0 Å². The normalized spacial score (nSPS) is 17.6. The lowest BCUT2D eigenvalue weighted by Gasteiger charge is -2.11. The van der Waals surface area contributed by atoms with Crippen molar-refractivity contribution in [3.63, 3.8) is 0 Å². The Labute approximate surface area is 108 Å². The second-order valence-electron chi connectivity index (χ2n) is 3.92. The van der Waals surface area contributed by atoms with Gasteiger partial charge in [0.2, 0.25) is 5.88 Å². The fourth-order valence-corrected chi connectivity index (χ4v) is 1.59. The van der Waals surface area contributed by atoms with Gasteiger partial charge >= 0.3 is 0 Å². The van der Waals surface area contributed by atoms with Gasteiger partial charge in [0.1, 0.15) is 6.10 Å². The quantitative estimate of drug-likeness (QED) is 0.815. The van der Waals surface area contributed by atoms with Gasteiger partial charge in [-0.05, 0) is 24.9 Å². The smallest absolute Gasteiger partial charge is 0.292 e. The zero-order valence-corrected chi connectivity index (χ0v) is 10.9. The Kier molecular flexibility index (Phi) is 6.79. The molecule has 2 rings (SSSR count). The van der Waals surface area contributed by atoms with Crippen molar-refractivity contribution in [3.8, 4) is 5.88 Å². The van der Waals surface area contributed by atoms with Crippen molar-refractivity contribution in [1.82, 2.24) is 10.3 Å². The van der Waals surface area contributed by atoms with Crippen LogP contribution < -0.4 is 10.1 Å². The van der Waals surface area contributed by atoms with Gasteiger partial charge in [-0.2, -0.15) is 0 Å². The molecule has 1 aromatic heterocycles. The van der Waals surface area contributed by atoms with Crippen LogP contribution in [0.25, 0.3) is 0 Å². The Bertz CT molecular complexity index is 335. The summed E-state index contributed by atoms with van der Waals surface area (Å²) in [6.07, 6.45) is 4.29. The molecule has 1 atom stereocenters. The third-order valence-electron chi connectivity index (χ3n) is 2.60. The minimum atomic E-state index is 0.301. The van der Waals surface area contributed by atoms with Crippen molar-refractivity contribution < 1.29 is 14.3 Å². The lowest BCUT2D eigenvalue weighted by atomic mass is 10.2. The lowest BCUT2D eigenvalue weighted by molar-refractivity contribution is -0.126. The van der Waals surface area contributed by atoms with E-state index in [0.29, 0.717) is 12.6 Å². The second kappa shape index (κ2) is 8.47. The van der Waals surface area contributed by atoms with E-state index in [-0.39, 0.29) is 0 Å². The van der Waals surface area contributed by atoms with Crippen LogP contribution >= 0.6 is 0 Å². The van der Waals surface area contributed by atoms with E-state index in [4.69, 9.17) is 9.53 Å². The second-order valence-corrected chi connectivity index (χ2v) is 3.92. The van der Waals surface area contributed by atoms with Crippen molar-refractivity contribution in [2.24, 2.45) is 0 Å². The molecule has 0 bridgehead atoms. The molecule has 1 N–H and O–H groups in total. The van der Waals surface area contributed by atoms with Crippen LogP contribution in [0.3, 0.4) is 0 Å². The van der Waals surface area contributed by atoms with Gasteiger partial charge in [0.05, 0.1) is 7.11 Å². The average molecular weight is 252 g/mol. The number of methoxy groups -OCH3 is 1. The first kappa shape index (κ1) is 14.4. The average Bonchev–Trinajstić information content (AvgIpc) is 2.93. The Hall–Kier alpha value is -1.62. The number of aromatic nitrogens is 1. The molecular formula is C13H20N2O3. The number of nitrogens with one attached hydrogen (secondary N) is 1. The van der Waals surface area contributed by atoms with Crippen LogP contribution in [-0.4, -0.2) is 37.8 Å². The summed E-state index contributed by atoms with van der Waals surface area (Å²) < 4.78 is 9.56. The van der Waals surface area contributed by atoms with E-state index in [1.54, 1.807) is 0 Å². The fourth-order valence-electron chi connectivity index (χ4n) is 1.59. The molecule has 1 aliphatic rings. The largest absolute Gasteiger partial charge is 0.473 e. The number of carbonyl (C=O) groups is 1. The predicted molar refractivity (Wildman–Crippen MR) is 68.6 cm³/mol. The highest BCUT2D eigenvalue weighted by atomic mass is 16.5. The first-order valence-electron chi connectivity index (χ1n) is 6.08. The number of hydrogen-bond acceptors (Lipinski definition) is 5. The number of nitrogens with zero attached hydrogens (tertiary/aromatic N) is 1. The van der Waals surface area contributed by atoms with Crippen LogP contribution in [0.1, 0.15) is 18.9 Å². The number of carbonyl (C=O) groups excluding carboxylic acids is 1. The maximum absolute atomic E-state index is 8.95. The van der Waals surface area contributed by atoms with Gasteiger partial charge < -0.3 is 14.8 Å². The Balaban J connectivity index is 0.000000357. The maximum atomic E-state index is 8.95. The van der Waals surface area contributed by atoms with Crippen LogP contribution in [0.15, 0.2) is 18.3 Å². The molecule has 18 heavy (non-hydrogen) atoms. The molecule has 0 aliphatic carbocycles. The highest BCUT2D eigenvalue weighted by Gasteiger charge is 2.15.